The maximum atomic E-state index is 11.7. The molecule has 106 valence electrons. The van der Waals surface area contributed by atoms with Crippen LogP contribution in [0, 0.1) is 0 Å². The van der Waals surface area contributed by atoms with Gasteiger partial charge >= 0.3 is 0 Å². The van der Waals surface area contributed by atoms with Crippen molar-refractivity contribution < 1.29 is 14.6 Å². The van der Waals surface area contributed by atoms with Gasteiger partial charge in [-0.05, 0) is 25.9 Å². The van der Waals surface area contributed by atoms with Crippen molar-refractivity contribution in [1.82, 2.24) is 15.5 Å². The van der Waals surface area contributed by atoms with Gasteiger partial charge in [0.05, 0.1) is 19.3 Å². The van der Waals surface area contributed by atoms with Crippen LogP contribution in [0.4, 0.5) is 0 Å². The van der Waals surface area contributed by atoms with Gasteiger partial charge in [0.2, 0.25) is 5.91 Å². The fraction of sp³-hybridized carbons (Fsp3) is 0.917. The van der Waals surface area contributed by atoms with Gasteiger partial charge in [-0.3, -0.25) is 9.69 Å². The molecule has 0 aliphatic carbocycles. The number of ether oxygens (including phenoxy) is 1. The Bertz CT molecular complexity index is 231. The van der Waals surface area contributed by atoms with Crippen LogP contribution in [0.5, 0.6) is 0 Å². The third-order valence-corrected chi connectivity index (χ3v) is 2.96. The Morgan fingerprint density at radius 1 is 1.50 bits per heavy atom. The molecule has 0 saturated carbocycles. The van der Waals surface area contributed by atoms with Crippen LogP contribution in [0.25, 0.3) is 0 Å². The Balaban J connectivity index is 2.09. The number of aliphatic hydroxyl groups excluding tert-OH is 1. The number of hydrogen-bond donors (Lipinski definition) is 3. The van der Waals surface area contributed by atoms with Crippen LogP contribution in [0.1, 0.15) is 12.8 Å². The smallest absolute Gasteiger partial charge is 0.234 e. The van der Waals surface area contributed by atoms with Gasteiger partial charge < -0.3 is 20.5 Å². The normalized spacial score (nSPS) is 19.2. The molecule has 0 aromatic carbocycles. The first-order chi connectivity index (χ1) is 8.72. The SMILES string of the molecule is COCC(O)CCNC(=O)CN1CCCNCC1. The Morgan fingerprint density at radius 3 is 3.11 bits per heavy atom. The molecule has 6 nitrogen and oxygen atoms in total. The van der Waals surface area contributed by atoms with E-state index in [0.29, 0.717) is 26.1 Å². The maximum Gasteiger partial charge on any atom is 0.234 e. The molecular formula is C12H25N3O3. The van der Waals surface area contributed by atoms with E-state index in [1.54, 1.807) is 7.11 Å². The van der Waals surface area contributed by atoms with Crippen LogP contribution in [-0.2, 0) is 9.53 Å². The number of amides is 1. The van der Waals surface area contributed by atoms with E-state index in [2.05, 4.69) is 15.5 Å². The molecule has 1 atom stereocenters. The maximum absolute atomic E-state index is 11.7. The minimum Gasteiger partial charge on any atom is -0.391 e. The molecule has 0 aromatic heterocycles. The molecule has 1 fully saturated rings. The molecule has 1 aliphatic rings. The van der Waals surface area contributed by atoms with E-state index in [-0.39, 0.29) is 5.91 Å². The summed E-state index contributed by atoms with van der Waals surface area (Å²) in [6, 6.07) is 0. The van der Waals surface area contributed by atoms with Crippen molar-refractivity contribution in [3.8, 4) is 0 Å². The van der Waals surface area contributed by atoms with Gasteiger partial charge in [-0.25, -0.2) is 0 Å². The van der Waals surface area contributed by atoms with Crippen LogP contribution in [0.3, 0.4) is 0 Å². The Labute approximate surface area is 109 Å². The third-order valence-electron chi connectivity index (χ3n) is 2.96. The molecule has 0 radical (unpaired) electrons. The number of methoxy groups -OCH3 is 1. The molecular weight excluding hydrogens is 234 g/mol. The molecule has 1 heterocycles. The highest BCUT2D eigenvalue weighted by molar-refractivity contribution is 5.77. The summed E-state index contributed by atoms with van der Waals surface area (Å²) in [5.41, 5.74) is 0. The summed E-state index contributed by atoms with van der Waals surface area (Å²) in [5.74, 6) is 0.0292. The first-order valence-electron chi connectivity index (χ1n) is 6.59. The third kappa shape index (κ3) is 6.90. The van der Waals surface area contributed by atoms with Crippen LogP contribution >= 0.6 is 0 Å². The van der Waals surface area contributed by atoms with E-state index in [0.717, 1.165) is 32.6 Å². The van der Waals surface area contributed by atoms with Gasteiger partial charge in [0.15, 0.2) is 0 Å². The standard InChI is InChI=1S/C12H25N3O3/c1-18-10-11(16)3-5-14-12(17)9-15-7-2-4-13-6-8-15/h11,13,16H,2-10H2,1H3,(H,14,17). The summed E-state index contributed by atoms with van der Waals surface area (Å²) in [6.07, 6.45) is 1.11. The molecule has 6 heteroatoms. The zero-order valence-corrected chi connectivity index (χ0v) is 11.2. The largest absolute Gasteiger partial charge is 0.391 e. The summed E-state index contributed by atoms with van der Waals surface area (Å²) >= 11 is 0. The van der Waals surface area contributed by atoms with E-state index < -0.39 is 6.10 Å². The molecule has 3 N–H and O–H groups in total. The highest BCUT2D eigenvalue weighted by Crippen LogP contribution is 1.95. The molecule has 1 aliphatic heterocycles. The van der Waals surface area contributed by atoms with Crippen LogP contribution < -0.4 is 10.6 Å². The van der Waals surface area contributed by atoms with Gasteiger partial charge in [0, 0.05) is 26.7 Å². The number of nitrogens with one attached hydrogen (secondary N) is 2. The minimum absolute atomic E-state index is 0.0292. The van der Waals surface area contributed by atoms with E-state index in [1.165, 1.54) is 0 Å². The number of carbonyl (C=O) groups excluding carboxylic acids is 1. The predicted molar refractivity (Wildman–Crippen MR) is 69.4 cm³/mol. The molecule has 1 amide bonds. The summed E-state index contributed by atoms with van der Waals surface area (Å²) in [7, 11) is 1.55. The molecule has 1 rings (SSSR count). The molecule has 0 spiro atoms. The second-order valence-corrected chi connectivity index (χ2v) is 4.63. The molecule has 0 bridgehead atoms. The summed E-state index contributed by atoms with van der Waals surface area (Å²) < 4.78 is 4.82. The zero-order chi connectivity index (χ0) is 13.2. The first kappa shape index (κ1) is 15.4. The number of aliphatic hydroxyl groups is 1. The van der Waals surface area contributed by atoms with Crippen LogP contribution in [-0.4, -0.2) is 75.0 Å². The fourth-order valence-corrected chi connectivity index (χ4v) is 1.97. The lowest BCUT2D eigenvalue weighted by molar-refractivity contribution is -0.122. The minimum atomic E-state index is -0.502. The number of nitrogens with zero attached hydrogens (tertiary/aromatic N) is 1. The summed E-state index contributed by atoms with van der Waals surface area (Å²) in [4.78, 5) is 13.8. The fourth-order valence-electron chi connectivity index (χ4n) is 1.97. The molecule has 1 unspecified atom stereocenters. The topological polar surface area (TPSA) is 73.8 Å². The van der Waals surface area contributed by atoms with Crippen LogP contribution in [0.2, 0.25) is 0 Å². The van der Waals surface area contributed by atoms with Gasteiger partial charge in [-0.1, -0.05) is 0 Å². The molecule has 0 aromatic rings. The Morgan fingerprint density at radius 2 is 2.33 bits per heavy atom. The lowest BCUT2D eigenvalue weighted by atomic mass is 10.2. The first-order valence-corrected chi connectivity index (χ1v) is 6.59. The molecule has 18 heavy (non-hydrogen) atoms. The average molecular weight is 259 g/mol. The quantitative estimate of drug-likeness (QED) is 0.535. The number of hydrogen-bond acceptors (Lipinski definition) is 5. The average Bonchev–Trinajstić information content (AvgIpc) is 2.58. The lowest BCUT2D eigenvalue weighted by Gasteiger charge is -2.19. The Kier molecular flexibility index (Phi) is 7.91. The van der Waals surface area contributed by atoms with E-state index in [9.17, 15) is 9.90 Å². The highest BCUT2D eigenvalue weighted by atomic mass is 16.5. The van der Waals surface area contributed by atoms with E-state index >= 15 is 0 Å². The lowest BCUT2D eigenvalue weighted by Crippen LogP contribution is -2.39. The second-order valence-electron chi connectivity index (χ2n) is 4.63. The van der Waals surface area contributed by atoms with Crippen molar-refractivity contribution in [3.05, 3.63) is 0 Å². The highest BCUT2D eigenvalue weighted by Gasteiger charge is 2.12. The zero-order valence-electron chi connectivity index (χ0n) is 11.2. The number of rotatable bonds is 7. The second kappa shape index (κ2) is 9.27. The van der Waals surface area contributed by atoms with Gasteiger partial charge in [0.25, 0.3) is 0 Å². The number of carbonyl (C=O) groups is 1. The van der Waals surface area contributed by atoms with Gasteiger partial charge in [-0.15, -0.1) is 0 Å². The van der Waals surface area contributed by atoms with Crippen molar-refractivity contribution in [3.63, 3.8) is 0 Å². The van der Waals surface area contributed by atoms with E-state index in [1.807, 2.05) is 0 Å². The van der Waals surface area contributed by atoms with E-state index in [4.69, 9.17) is 4.74 Å². The summed E-state index contributed by atoms with van der Waals surface area (Å²) in [5, 5.41) is 15.6. The van der Waals surface area contributed by atoms with Crippen molar-refractivity contribution in [2.45, 2.75) is 18.9 Å². The van der Waals surface area contributed by atoms with Crippen molar-refractivity contribution in [1.29, 1.82) is 0 Å². The predicted octanol–water partition coefficient (Wildman–Crippen LogP) is -1.20. The van der Waals surface area contributed by atoms with Crippen molar-refractivity contribution >= 4 is 5.91 Å². The Hall–Kier alpha value is -0.690. The summed E-state index contributed by atoms with van der Waals surface area (Å²) in [6.45, 7) is 5.11. The monoisotopic (exact) mass is 259 g/mol. The van der Waals surface area contributed by atoms with Crippen molar-refractivity contribution in [2.24, 2.45) is 0 Å². The van der Waals surface area contributed by atoms with Crippen molar-refractivity contribution in [2.75, 3.05) is 53.0 Å². The van der Waals surface area contributed by atoms with Crippen LogP contribution in [0.15, 0.2) is 0 Å². The van der Waals surface area contributed by atoms with Gasteiger partial charge in [-0.2, -0.15) is 0 Å². The molecule has 1 saturated heterocycles. The van der Waals surface area contributed by atoms with Gasteiger partial charge in [0.1, 0.15) is 0 Å².